The van der Waals surface area contributed by atoms with Crippen LogP contribution in [0.15, 0.2) is 48.9 Å². The molecule has 25 heavy (non-hydrogen) atoms. The number of nitrogens with one attached hydrogen (secondary N) is 2. The number of pyridine rings is 1. The van der Waals surface area contributed by atoms with Crippen molar-refractivity contribution < 1.29 is 4.79 Å². The minimum atomic E-state index is 0.0882. The predicted molar refractivity (Wildman–Crippen MR) is 99.9 cm³/mol. The summed E-state index contributed by atoms with van der Waals surface area (Å²) in [4.78, 5) is 21.9. The first-order valence-corrected chi connectivity index (χ1v) is 8.84. The minimum absolute atomic E-state index is 0.0882. The summed E-state index contributed by atoms with van der Waals surface area (Å²) in [5.74, 6) is 0.0882. The monoisotopic (exact) mass is 334 g/mol. The van der Waals surface area contributed by atoms with Crippen molar-refractivity contribution in [2.45, 2.75) is 19.3 Å². The van der Waals surface area contributed by atoms with Crippen LogP contribution in [0, 0.1) is 0 Å². The lowest BCUT2D eigenvalue weighted by Gasteiger charge is -2.15. The van der Waals surface area contributed by atoms with Crippen LogP contribution in [0.25, 0.3) is 10.9 Å². The number of carbonyl (C=O) groups excluding carboxylic acids is 1. The van der Waals surface area contributed by atoms with Gasteiger partial charge in [-0.1, -0.05) is 18.2 Å². The first kappa shape index (κ1) is 15.7. The van der Waals surface area contributed by atoms with Gasteiger partial charge >= 0.3 is 0 Å². The Labute approximate surface area is 147 Å². The van der Waals surface area contributed by atoms with Gasteiger partial charge in [0.1, 0.15) is 0 Å². The van der Waals surface area contributed by atoms with Crippen LogP contribution in [0.2, 0.25) is 0 Å². The minimum Gasteiger partial charge on any atom is -0.383 e. The Morgan fingerprint density at radius 2 is 2.04 bits per heavy atom. The Morgan fingerprint density at radius 3 is 2.92 bits per heavy atom. The van der Waals surface area contributed by atoms with E-state index in [1.807, 2.05) is 17.0 Å². The Hall–Kier alpha value is -2.82. The van der Waals surface area contributed by atoms with Crippen molar-refractivity contribution in [1.82, 2.24) is 14.9 Å². The normalized spacial score (nSPS) is 14.2. The zero-order valence-corrected chi connectivity index (χ0v) is 14.2. The number of fused-ring (bicyclic) bond motifs is 1. The average Bonchev–Trinajstić information content (AvgIpc) is 3.32. The molecule has 2 aromatic heterocycles. The van der Waals surface area contributed by atoms with Crippen LogP contribution in [-0.4, -0.2) is 40.4 Å². The first-order chi connectivity index (χ1) is 12.3. The van der Waals surface area contributed by atoms with Crippen molar-refractivity contribution in [3.63, 3.8) is 0 Å². The molecule has 1 aliphatic rings. The topological polar surface area (TPSA) is 61.0 Å². The third-order valence-corrected chi connectivity index (χ3v) is 4.78. The van der Waals surface area contributed by atoms with E-state index < -0.39 is 0 Å². The lowest BCUT2D eigenvalue weighted by molar-refractivity contribution is 0.0792. The number of amides is 1. The van der Waals surface area contributed by atoms with Crippen LogP contribution in [-0.2, 0) is 6.42 Å². The molecule has 1 amide bonds. The molecule has 0 radical (unpaired) electrons. The Kier molecular flexibility index (Phi) is 4.37. The van der Waals surface area contributed by atoms with Crippen LogP contribution in [0.4, 0.5) is 5.69 Å². The van der Waals surface area contributed by atoms with Gasteiger partial charge in [-0.15, -0.1) is 0 Å². The van der Waals surface area contributed by atoms with Gasteiger partial charge in [-0.25, -0.2) is 0 Å². The second-order valence-electron chi connectivity index (χ2n) is 6.50. The fraction of sp³-hybridized carbons (Fsp3) is 0.300. The molecule has 128 valence electrons. The molecule has 0 aliphatic carbocycles. The van der Waals surface area contributed by atoms with E-state index in [2.05, 4.69) is 39.7 Å². The second kappa shape index (κ2) is 6.97. The van der Waals surface area contributed by atoms with Crippen LogP contribution < -0.4 is 5.32 Å². The number of aromatic amines is 1. The molecule has 5 heteroatoms. The molecule has 0 spiro atoms. The molecule has 2 N–H and O–H groups in total. The summed E-state index contributed by atoms with van der Waals surface area (Å²) in [6.07, 6.45) is 8.61. The zero-order valence-electron chi connectivity index (χ0n) is 14.2. The van der Waals surface area contributed by atoms with E-state index in [4.69, 9.17) is 0 Å². The Balaban J connectivity index is 1.39. The van der Waals surface area contributed by atoms with Crippen molar-refractivity contribution in [2.75, 3.05) is 25.0 Å². The van der Waals surface area contributed by atoms with E-state index >= 15 is 0 Å². The summed E-state index contributed by atoms with van der Waals surface area (Å²) in [5.41, 5.74) is 4.02. The molecule has 1 aliphatic heterocycles. The maximum Gasteiger partial charge on any atom is 0.255 e. The van der Waals surface area contributed by atoms with Gasteiger partial charge in [0.2, 0.25) is 0 Å². The van der Waals surface area contributed by atoms with E-state index in [-0.39, 0.29) is 5.91 Å². The van der Waals surface area contributed by atoms with Gasteiger partial charge in [0, 0.05) is 49.1 Å². The number of H-pyrrole nitrogens is 1. The van der Waals surface area contributed by atoms with Gasteiger partial charge in [-0.3, -0.25) is 9.78 Å². The maximum atomic E-state index is 12.5. The zero-order chi connectivity index (χ0) is 17.1. The van der Waals surface area contributed by atoms with Gasteiger partial charge in [0.15, 0.2) is 0 Å². The maximum absolute atomic E-state index is 12.5. The van der Waals surface area contributed by atoms with Crippen molar-refractivity contribution >= 4 is 22.5 Å². The smallest absolute Gasteiger partial charge is 0.255 e. The standard InChI is InChI=1S/C20H22N4O/c25-20(24-9-3-4-10-24)16-11-17(14-21-12-16)22-8-7-15-13-23-19-6-2-1-5-18(15)19/h1-2,5-6,11-14,22-23H,3-4,7-10H2. The lowest BCUT2D eigenvalue weighted by Crippen LogP contribution is -2.27. The van der Waals surface area contributed by atoms with Gasteiger partial charge < -0.3 is 15.2 Å². The number of benzene rings is 1. The van der Waals surface area contributed by atoms with Gasteiger partial charge in [-0.2, -0.15) is 0 Å². The third kappa shape index (κ3) is 3.36. The van der Waals surface area contributed by atoms with Gasteiger partial charge in [0.05, 0.1) is 11.3 Å². The Bertz CT molecular complexity index is 880. The highest BCUT2D eigenvalue weighted by Crippen LogP contribution is 2.19. The highest BCUT2D eigenvalue weighted by molar-refractivity contribution is 5.94. The first-order valence-electron chi connectivity index (χ1n) is 8.84. The highest BCUT2D eigenvalue weighted by Gasteiger charge is 2.19. The molecule has 5 nitrogen and oxygen atoms in total. The van der Waals surface area contributed by atoms with E-state index in [0.717, 1.165) is 50.1 Å². The number of nitrogens with zero attached hydrogens (tertiary/aromatic N) is 2. The summed E-state index contributed by atoms with van der Waals surface area (Å²) < 4.78 is 0. The molecule has 0 saturated carbocycles. The van der Waals surface area contributed by atoms with Crippen molar-refractivity contribution in [1.29, 1.82) is 0 Å². The number of para-hydroxylation sites is 1. The molecule has 0 bridgehead atoms. The van der Waals surface area contributed by atoms with Crippen LogP contribution in [0.3, 0.4) is 0 Å². The van der Waals surface area contributed by atoms with Crippen LogP contribution >= 0.6 is 0 Å². The molecule has 0 unspecified atom stereocenters. The largest absolute Gasteiger partial charge is 0.383 e. The van der Waals surface area contributed by atoms with Gasteiger partial charge in [-0.05, 0) is 37.0 Å². The van der Waals surface area contributed by atoms with Crippen LogP contribution in [0.1, 0.15) is 28.8 Å². The summed E-state index contributed by atoms with van der Waals surface area (Å²) in [6, 6.07) is 10.2. The number of carbonyl (C=O) groups is 1. The quantitative estimate of drug-likeness (QED) is 0.751. The molecule has 1 aromatic carbocycles. The summed E-state index contributed by atoms with van der Waals surface area (Å²) >= 11 is 0. The molecule has 1 saturated heterocycles. The van der Waals surface area contributed by atoms with Crippen molar-refractivity contribution in [3.8, 4) is 0 Å². The van der Waals surface area contributed by atoms with Crippen molar-refractivity contribution in [2.24, 2.45) is 0 Å². The fourth-order valence-corrected chi connectivity index (χ4v) is 3.44. The lowest BCUT2D eigenvalue weighted by atomic mass is 10.1. The summed E-state index contributed by atoms with van der Waals surface area (Å²) in [6.45, 7) is 2.51. The SMILES string of the molecule is O=C(c1cncc(NCCc2c[nH]c3ccccc23)c1)N1CCCC1. The van der Waals surface area contributed by atoms with E-state index in [9.17, 15) is 4.79 Å². The number of likely N-dealkylation sites (tertiary alicyclic amines) is 1. The van der Waals surface area contributed by atoms with E-state index in [1.165, 1.54) is 10.9 Å². The Morgan fingerprint density at radius 1 is 1.20 bits per heavy atom. The second-order valence-corrected chi connectivity index (χ2v) is 6.50. The molecular weight excluding hydrogens is 312 g/mol. The molecular formula is C20H22N4O. The third-order valence-electron chi connectivity index (χ3n) is 4.78. The number of aromatic nitrogens is 2. The fourth-order valence-electron chi connectivity index (χ4n) is 3.44. The number of rotatable bonds is 5. The van der Waals surface area contributed by atoms with Gasteiger partial charge in [0.25, 0.3) is 5.91 Å². The highest BCUT2D eigenvalue weighted by atomic mass is 16.2. The van der Waals surface area contributed by atoms with E-state index in [0.29, 0.717) is 5.56 Å². The average molecular weight is 334 g/mol. The summed E-state index contributed by atoms with van der Waals surface area (Å²) in [7, 11) is 0. The number of anilines is 1. The molecule has 3 heterocycles. The predicted octanol–water partition coefficient (Wildman–Crippen LogP) is 3.45. The summed E-state index contributed by atoms with van der Waals surface area (Å²) in [5, 5.41) is 4.65. The number of hydrogen-bond donors (Lipinski definition) is 2. The molecule has 0 atom stereocenters. The molecule has 1 fully saturated rings. The molecule has 3 aromatic rings. The van der Waals surface area contributed by atoms with Crippen LogP contribution in [0.5, 0.6) is 0 Å². The van der Waals surface area contributed by atoms with Crippen molar-refractivity contribution in [3.05, 3.63) is 60.0 Å². The van der Waals surface area contributed by atoms with E-state index in [1.54, 1.807) is 12.4 Å². The number of hydrogen-bond acceptors (Lipinski definition) is 3. The molecule has 4 rings (SSSR count).